The molecule has 0 aliphatic carbocycles. The molecule has 0 aromatic heterocycles. The Bertz CT molecular complexity index is 594. The number of hydrogen-bond acceptors (Lipinski definition) is 5. The van der Waals surface area contributed by atoms with Gasteiger partial charge in [-0.2, -0.15) is 0 Å². The molecule has 0 bridgehead atoms. The summed E-state index contributed by atoms with van der Waals surface area (Å²) >= 11 is 0. The Hall–Kier alpha value is -1.30. The van der Waals surface area contributed by atoms with Crippen molar-refractivity contribution in [3.63, 3.8) is 0 Å². The van der Waals surface area contributed by atoms with Crippen LogP contribution in [0.1, 0.15) is 25.7 Å². The number of para-hydroxylation sites is 2. The van der Waals surface area contributed by atoms with Crippen LogP contribution in [-0.2, 0) is 0 Å². The average molecular weight is 373 g/mol. The van der Waals surface area contributed by atoms with Gasteiger partial charge in [0.25, 0.3) is 0 Å². The fraction of sp³-hybridized carbons (Fsp3) is 0.727. The molecule has 5 nitrogen and oxygen atoms in total. The second-order valence-corrected chi connectivity index (χ2v) is 8.52. The van der Waals surface area contributed by atoms with Crippen LogP contribution in [0.3, 0.4) is 0 Å². The zero-order valence-electron chi connectivity index (χ0n) is 17.1. The van der Waals surface area contributed by atoms with Crippen LogP contribution >= 0.6 is 0 Å². The highest BCUT2D eigenvalue weighted by atomic mass is 16.5. The number of methoxy groups -OCH3 is 1. The second kappa shape index (κ2) is 8.80. The van der Waals surface area contributed by atoms with Crippen molar-refractivity contribution in [2.45, 2.75) is 37.8 Å². The van der Waals surface area contributed by atoms with Crippen LogP contribution in [0.25, 0.3) is 0 Å². The number of nitrogens with zero attached hydrogens (tertiary/aromatic N) is 4. The minimum atomic E-state index is 0.748. The average Bonchev–Trinajstić information content (AvgIpc) is 2.74. The van der Waals surface area contributed by atoms with Gasteiger partial charge in [0.15, 0.2) is 0 Å². The lowest BCUT2D eigenvalue weighted by Crippen LogP contribution is -2.57. The monoisotopic (exact) mass is 372 g/mol. The van der Waals surface area contributed by atoms with Gasteiger partial charge in [0.2, 0.25) is 0 Å². The molecule has 3 saturated heterocycles. The van der Waals surface area contributed by atoms with Crippen molar-refractivity contribution in [1.29, 1.82) is 0 Å². The molecule has 0 spiro atoms. The van der Waals surface area contributed by atoms with Gasteiger partial charge in [-0.25, -0.2) is 0 Å². The third-order valence-electron chi connectivity index (χ3n) is 6.89. The van der Waals surface area contributed by atoms with E-state index in [1.807, 2.05) is 0 Å². The molecular formula is C22H36N4O. The summed E-state index contributed by atoms with van der Waals surface area (Å²) in [4.78, 5) is 10.5. The first kappa shape index (κ1) is 19.0. The highest BCUT2D eigenvalue weighted by Crippen LogP contribution is 2.29. The lowest BCUT2D eigenvalue weighted by atomic mass is 9.97. The fourth-order valence-electron chi connectivity index (χ4n) is 5.19. The van der Waals surface area contributed by atoms with Crippen molar-refractivity contribution in [1.82, 2.24) is 14.7 Å². The fourth-order valence-corrected chi connectivity index (χ4v) is 5.19. The number of benzene rings is 1. The maximum absolute atomic E-state index is 5.57. The van der Waals surface area contributed by atoms with E-state index >= 15 is 0 Å². The third-order valence-corrected chi connectivity index (χ3v) is 6.89. The van der Waals surface area contributed by atoms with Gasteiger partial charge in [-0.1, -0.05) is 12.1 Å². The predicted molar refractivity (Wildman–Crippen MR) is 112 cm³/mol. The molecule has 5 heteroatoms. The minimum Gasteiger partial charge on any atom is -0.495 e. The van der Waals surface area contributed by atoms with Crippen molar-refractivity contribution >= 4 is 5.69 Å². The van der Waals surface area contributed by atoms with E-state index in [1.165, 1.54) is 70.6 Å². The summed E-state index contributed by atoms with van der Waals surface area (Å²) in [5, 5.41) is 0. The number of hydrogen-bond donors (Lipinski definition) is 0. The van der Waals surface area contributed by atoms with Crippen molar-refractivity contribution in [3.05, 3.63) is 24.3 Å². The molecule has 0 unspecified atom stereocenters. The Labute approximate surface area is 164 Å². The van der Waals surface area contributed by atoms with E-state index in [9.17, 15) is 0 Å². The second-order valence-electron chi connectivity index (χ2n) is 8.52. The van der Waals surface area contributed by atoms with Gasteiger partial charge in [-0.3, -0.25) is 9.80 Å². The lowest BCUT2D eigenvalue weighted by Gasteiger charge is -2.47. The van der Waals surface area contributed by atoms with Gasteiger partial charge in [0.1, 0.15) is 5.75 Å². The number of likely N-dealkylation sites (tertiary alicyclic amines) is 2. The Morgan fingerprint density at radius 1 is 0.815 bits per heavy atom. The quantitative estimate of drug-likeness (QED) is 0.807. The molecule has 1 aromatic carbocycles. The Morgan fingerprint density at radius 3 is 2.30 bits per heavy atom. The largest absolute Gasteiger partial charge is 0.495 e. The van der Waals surface area contributed by atoms with E-state index < -0.39 is 0 Å². The van der Waals surface area contributed by atoms with Crippen molar-refractivity contribution in [2.75, 3.05) is 71.4 Å². The van der Waals surface area contributed by atoms with E-state index in [0.29, 0.717) is 0 Å². The van der Waals surface area contributed by atoms with Crippen LogP contribution in [0, 0.1) is 0 Å². The zero-order valence-corrected chi connectivity index (χ0v) is 17.1. The first-order valence-electron chi connectivity index (χ1n) is 10.8. The molecule has 0 amide bonds. The molecule has 0 saturated carbocycles. The molecule has 150 valence electrons. The van der Waals surface area contributed by atoms with Gasteiger partial charge in [-0.15, -0.1) is 0 Å². The topological polar surface area (TPSA) is 22.2 Å². The molecular weight excluding hydrogens is 336 g/mol. The van der Waals surface area contributed by atoms with E-state index in [0.717, 1.165) is 30.9 Å². The van der Waals surface area contributed by atoms with Crippen LogP contribution in [0.5, 0.6) is 5.75 Å². The molecule has 0 N–H and O–H groups in total. The van der Waals surface area contributed by atoms with Gasteiger partial charge in [0.05, 0.1) is 12.8 Å². The molecule has 0 radical (unpaired) electrons. The highest BCUT2D eigenvalue weighted by Gasteiger charge is 2.32. The number of ether oxygens (including phenoxy) is 1. The van der Waals surface area contributed by atoms with Crippen molar-refractivity contribution < 1.29 is 4.74 Å². The predicted octanol–water partition coefficient (Wildman–Crippen LogP) is 2.38. The molecule has 3 aliphatic heterocycles. The first-order valence-corrected chi connectivity index (χ1v) is 10.8. The first-order chi connectivity index (χ1) is 13.2. The van der Waals surface area contributed by atoms with Crippen LogP contribution < -0.4 is 9.64 Å². The van der Waals surface area contributed by atoms with E-state index in [-0.39, 0.29) is 0 Å². The number of piperazine rings is 1. The maximum Gasteiger partial charge on any atom is 0.142 e. The molecule has 3 heterocycles. The number of rotatable bonds is 4. The van der Waals surface area contributed by atoms with Gasteiger partial charge < -0.3 is 14.5 Å². The van der Waals surface area contributed by atoms with Gasteiger partial charge >= 0.3 is 0 Å². The maximum atomic E-state index is 5.57. The third kappa shape index (κ3) is 4.41. The standard InChI is InChI=1S/C22H36N4O/c1-23-12-9-19(10-13-23)26-11-5-6-20(18-26)24-14-16-25(17-15-24)21-7-3-4-8-22(21)27-2/h3-4,7-8,19-20H,5-6,9-18H2,1-2H3/t20-/m1/s1. The minimum absolute atomic E-state index is 0.748. The van der Waals surface area contributed by atoms with Crippen LogP contribution in [0.15, 0.2) is 24.3 Å². The summed E-state index contributed by atoms with van der Waals surface area (Å²) in [5.74, 6) is 0.997. The summed E-state index contributed by atoms with van der Waals surface area (Å²) in [7, 11) is 4.03. The van der Waals surface area contributed by atoms with Crippen molar-refractivity contribution in [3.8, 4) is 5.75 Å². The summed E-state index contributed by atoms with van der Waals surface area (Å²) in [6.45, 7) is 9.67. The zero-order chi connectivity index (χ0) is 18.6. The Kier molecular flexibility index (Phi) is 6.21. The molecule has 4 rings (SSSR count). The normalized spacial score (nSPS) is 27.0. The number of piperidine rings is 2. The van der Waals surface area contributed by atoms with Crippen LogP contribution in [0.4, 0.5) is 5.69 Å². The van der Waals surface area contributed by atoms with Crippen LogP contribution in [0.2, 0.25) is 0 Å². The SMILES string of the molecule is COc1ccccc1N1CCN([C@@H]2CCCN(C3CCN(C)CC3)C2)CC1. The highest BCUT2D eigenvalue weighted by molar-refractivity contribution is 5.58. The summed E-state index contributed by atoms with van der Waals surface area (Å²) < 4.78 is 5.57. The lowest BCUT2D eigenvalue weighted by molar-refractivity contribution is 0.0455. The van der Waals surface area contributed by atoms with E-state index in [4.69, 9.17) is 4.74 Å². The summed E-state index contributed by atoms with van der Waals surface area (Å²) in [5.41, 5.74) is 1.25. The van der Waals surface area contributed by atoms with Gasteiger partial charge in [-0.05, 0) is 64.5 Å². The molecule has 1 aromatic rings. The molecule has 1 atom stereocenters. The Morgan fingerprint density at radius 2 is 1.56 bits per heavy atom. The smallest absolute Gasteiger partial charge is 0.142 e. The molecule has 3 fully saturated rings. The summed E-state index contributed by atoms with van der Waals surface area (Å²) in [6.07, 6.45) is 5.44. The van der Waals surface area contributed by atoms with Gasteiger partial charge in [0, 0.05) is 44.8 Å². The van der Waals surface area contributed by atoms with E-state index in [1.54, 1.807) is 7.11 Å². The summed E-state index contributed by atoms with van der Waals surface area (Å²) in [6, 6.07) is 10.00. The number of anilines is 1. The molecule has 27 heavy (non-hydrogen) atoms. The van der Waals surface area contributed by atoms with Crippen molar-refractivity contribution in [2.24, 2.45) is 0 Å². The molecule has 3 aliphatic rings. The van der Waals surface area contributed by atoms with Crippen LogP contribution in [-0.4, -0.2) is 93.3 Å². The van der Waals surface area contributed by atoms with E-state index in [2.05, 4.69) is 50.9 Å². The Balaban J connectivity index is 1.31.